The van der Waals surface area contributed by atoms with Gasteiger partial charge in [-0.3, -0.25) is 4.79 Å². The number of pyridine rings is 2. The van der Waals surface area contributed by atoms with Crippen LogP contribution in [0.5, 0.6) is 0 Å². The van der Waals surface area contributed by atoms with E-state index in [2.05, 4.69) is 20.1 Å². The van der Waals surface area contributed by atoms with Gasteiger partial charge in [0.25, 0.3) is 5.91 Å². The SMILES string of the molecule is NC(=O)/C(=C/n1cnc(-c2cc(C(F)(F)F)nc(C(F)(F)F)c2)n1)c1cccnc1F. The third kappa shape index (κ3) is 4.84. The number of hydrogen-bond donors (Lipinski definition) is 1. The Morgan fingerprint density at radius 3 is 2.16 bits per heavy atom. The largest absolute Gasteiger partial charge is 0.433 e. The van der Waals surface area contributed by atoms with E-state index in [9.17, 15) is 35.5 Å². The van der Waals surface area contributed by atoms with Crippen LogP contribution in [-0.2, 0) is 17.1 Å². The normalized spacial score (nSPS) is 12.8. The van der Waals surface area contributed by atoms with E-state index in [1.54, 1.807) is 0 Å². The number of halogens is 7. The van der Waals surface area contributed by atoms with Crippen molar-refractivity contribution in [3.8, 4) is 11.4 Å². The summed E-state index contributed by atoms with van der Waals surface area (Å²) >= 11 is 0. The highest BCUT2D eigenvalue weighted by Gasteiger charge is 2.39. The quantitative estimate of drug-likeness (QED) is 0.376. The summed E-state index contributed by atoms with van der Waals surface area (Å²) in [6.45, 7) is 0. The second kappa shape index (κ2) is 7.77. The van der Waals surface area contributed by atoms with E-state index in [1.165, 1.54) is 12.1 Å². The van der Waals surface area contributed by atoms with Crippen molar-refractivity contribution < 1.29 is 35.5 Å². The van der Waals surface area contributed by atoms with Gasteiger partial charge >= 0.3 is 12.4 Å². The predicted molar refractivity (Wildman–Crippen MR) is 90.8 cm³/mol. The van der Waals surface area contributed by atoms with Gasteiger partial charge < -0.3 is 5.73 Å². The molecule has 2 N–H and O–H groups in total. The summed E-state index contributed by atoms with van der Waals surface area (Å²) in [5.74, 6) is -2.66. The molecule has 0 spiro atoms. The zero-order chi connectivity index (χ0) is 23.0. The molecule has 3 rings (SSSR count). The molecule has 1 amide bonds. The second-order valence-corrected chi connectivity index (χ2v) is 5.92. The number of carbonyl (C=O) groups excluding carboxylic acids is 1. The van der Waals surface area contributed by atoms with Gasteiger partial charge in [0.15, 0.2) is 5.82 Å². The molecule has 162 valence electrons. The summed E-state index contributed by atoms with van der Waals surface area (Å²) in [6, 6.07) is 3.18. The molecule has 0 aliphatic heterocycles. The molecular formula is C17H9F7N6O. The van der Waals surface area contributed by atoms with Gasteiger partial charge in [0.05, 0.1) is 5.57 Å². The summed E-state index contributed by atoms with van der Waals surface area (Å²) in [4.78, 5) is 21.3. The van der Waals surface area contributed by atoms with E-state index in [4.69, 9.17) is 5.73 Å². The van der Waals surface area contributed by atoms with Gasteiger partial charge in [0.2, 0.25) is 5.95 Å². The molecule has 14 heteroatoms. The van der Waals surface area contributed by atoms with Crippen LogP contribution in [0, 0.1) is 5.95 Å². The Balaban J connectivity index is 2.08. The number of nitrogens with zero attached hydrogens (tertiary/aromatic N) is 5. The van der Waals surface area contributed by atoms with Crippen molar-refractivity contribution in [3.63, 3.8) is 0 Å². The molecule has 3 aromatic rings. The molecule has 0 atom stereocenters. The van der Waals surface area contributed by atoms with Crippen molar-refractivity contribution in [2.24, 2.45) is 5.73 Å². The van der Waals surface area contributed by atoms with Crippen molar-refractivity contribution in [3.05, 3.63) is 59.7 Å². The summed E-state index contributed by atoms with van der Waals surface area (Å²) in [5.41, 5.74) is 0.294. The topological polar surface area (TPSA) is 99.6 Å². The smallest absolute Gasteiger partial charge is 0.366 e. The maximum atomic E-state index is 13.9. The second-order valence-electron chi connectivity index (χ2n) is 5.92. The van der Waals surface area contributed by atoms with Gasteiger partial charge in [-0.1, -0.05) is 0 Å². The molecule has 3 aromatic heterocycles. The molecule has 7 nitrogen and oxygen atoms in total. The molecule has 0 aromatic carbocycles. The van der Waals surface area contributed by atoms with E-state index >= 15 is 0 Å². The minimum absolute atomic E-state index is 0.297. The summed E-state index contributed by atoms with van der Waals surface area (Å²) in [6.07, 6.45) is -7.42. The lowest BCUT2D eigenvalue weighted by Gasteiger charge is -2.11. The van der Waals surface area contributed by atoms with Crippen LogP contribution >= 0.6 is 0 Å². The Morgan fingerprint density at radius 1 is 1.03 bits per heavy atom. The average molecular weight is 446 g/mol. The molecular weight excluding hydrogens is 437 g/mol. The van der Waals surface area contributed by atoms with E-state index < -0.39 is 52.6 Å². The van der Waals surface area contributed by atoms with Crippen LogP contribution in [0.15, 0.2) is 36.8 Å². The first-order chi connectivity index (χ1) is 14.4. The molecule has 0 unspecified atom stereocenters. The number of alkyl halides is 6. The van der Waals surface area contributed by atoms with Gasteiger partial charge in [-0.2, -0.15) is 30.7 Å². The zero-order valence-electron chi connectivity index (χ0n) is 14.9. The van der Waals surface area contributed by atoms with Crippen LogP contribution in [0.1, 0.15) is 17.0 Å². The fourth-order valence-corrected chi connectivity index (χ4v) is 2.40. The average Bonchev–Trinajstić information content (AvgIpc) is 3.14. The van der Waals surface area contributed by atoms with Gasteiger partial charge in [-0.15, -0.1) is 5.10 Å². The van der Waals surface area contributed by atoms with Crippen LogP contribution in [0.4, 0.5) is 30.7 Å². The van der Waals surface area contributed by atoms with E-state index in [-0.39, 0.29) is 5.56 Å². The number of amides is 1. The van der Waals surface area contributed by atoms with Crippen LogP contribution < -0.4 is 5.73 Å². The Morgan fingerprint density at radius 2 is 1.65 bits per heavy atom. The highest BCUT2D eigenvalue weighted by atomic mass is 19.4. The lowest BCUT2D eigenvalue weighted by atomic mass is 10.1. The van der Waals surface area contributed by atoms with Crippen LogP contribution in [0.3, 0.4) is 0 Å². The predicted octanol–water partition coefficient (Wildman–Crippen LogP) is 3.40. The lowest BCUT2D eigenvalue weighted by Crippen LogP contribution is -2.15. The van der Waals surface area contributed by atoms with Gasteiger partial charge in [0.1, 0.15) is 17.7 Å². The fraction of sp³-hybridized carbons (Fsp3) is 0.118. The van der Waals surface area contributed by atoms with Crippen molar-refractivity contribution in [1.82, 2.24) is 24.7 Å². The van der Waals surface area contributed by atoms with Gasteiger partial charge in [0, 0.05) is 23.5 Å². The Kier molecular flexibility index (Phi) is 5.48. The highest BCUT2D eigenvalue weighted by molar-refractivity contribution is 6.22. The highest BCUT2D eigenvalue weighted by Crippen LogP contribution is 2.35. The maximum absolute atomic E-state index is 13.9. The van der Waals surface area contributed by atoms with Crippen LogP contribution in [-0.4, -0.2) is 30.6 Å². The maximum Gasteiger partial charge on any atom is 0.433 e. The number of aromatic nitrogens is 5. The minimum atomic E-state index is -5.16. The summed E-state index contributed by atoms with van der Waals surface area (Å²) in [5, 5.41) is 3.72. The molecule has 0 aliphatic rings. The Bertz CT molecular complexity index is 1130. The molecule has 0 radical (unpaired) electrons. The van der Waals surface area contributed by atoms with Crippen molar-refractivity contribution in [2.45, 2.75) is 12.4 Å². The first-order valence-corrected chi connectivity index (χ1v) is 8.07. The lowest BCUT2D eigenvalue weighted by molar-refractivity contribution is -0.150. The van der Waals surface area contributed by atoms with Crippen molar-refractivity contribution in [2.75, 3.05) is 0 Å². The molecule has 0 fully saturated rings. The number of nitrogens with two attached hydrogens (primary N) is 1. The number of primary amides is 1. The number of hydrogen-bond acceptors (Lipinski definition) is 5. The molecule has 31 heavy (non-hydrogen) atoms. The number of carbonyl (C=O) groups is 1. The first kappa shape index (κ1) is 21.9. The van der Waals surface area contributed by atoms with Gasteiger partial charge in [-0.05, 0) is 24.3 Å². The third-order valence-electron chi connectivity index (χ3n) is 3.75. The molecule has 0 saturated carbocycles. The summed E-state index contributed by atoms with van der Waals surface area (Å²) in [7, 11) is 0. The van der Waals surface area contributed by atoms with E-state index in [0.29, 0.717) is 12.1 Å². The Labute approximate surface area is 168 Å². The fourth-order valence-electron chi connectivity index (χ4n) is 2.40. The van der Waals surface area contributed by atoms with Crippen molar-refractivity contribution in [1.29, 1.82) is 0 Å². The van der Waals surface area contributed by atoms with E-state index in [0.717, 1.165) is 23.4 Å². The first-order valence-electron chi connectivity index (χ1n) is 8.07. The zero-order valence-corrected chi connectivity index (χ0v) is 14.9. The molecule has 0 aliphatic carbocycles. The molecule has 3 heterocycles. The van der Waals surface area contributed by atoms with Crippen molar-refractivity contribution >= 4 is 17.7 Å². The van der Waals surface area contributed by atoms with Gasteiger partial charge in [-0.25, -0.2) is 19.6 Å². The summed E-state index contributed by atoms with van der Waals surface area (Å²) < 4.78 is 92.4. The third-order valence-corrected chi connectivity index (χ3v) is 3.75. The standard InChI is InChI=1S/C17H9F7N6O/c18-13-9(2-1-3-26-13)10(14(25)31)6-30-7-27-15(29-30)8-4-11(16(19,20)21)28-12(5-8)17(22,23)24/h1-7H,(H2,25,31)/b10-6+. The minimum Gasteiger partial charge on any atom is -0.366 e. The van der Waals surface area contributed by atoms with Crippen LogP contribution in [0.2, 0.25) is 0 Å². The number of rotatable bonds is 4. The Hall–Kier alpha value is -3.84. The monoisotopic (exact) mass is 446 g/mol. The van der Waals surface area contributed by atoms with E-state index in [1.807, 2.05) is 0 Å². The molecule has 0 saturated heterocycles. The molecule has 0 bridgehead atoms. The van der Waals surface area contributed by atoms with Crippen LogP contribution in [0.25, 0.3) is 23.2 Å².